The van der Waals surface area contributed by atoms with Gasteiger partial charge in [-0.2, -0.15) is 0 Å². The summed E-state index contributed by atoms with van der Waals surface area (Å²) in [5.74, 6) is 0.796. The first-order chi connectivity index (χ1) is 8.81. The van der Waals surface area contributed by atoms with Crippen LogP contribution in [0.3, 0.4) is 0 Å². The van der Waals surface area contributed by atoms with Gasteiger partial charge in [0.25, 0.3) is 0 Å². The summed E-state index contributed by atoms with van der Waals surface area (Å²) >= 11 is 3.41. The molecule has 0 bridgehead atoms. The van der Waals surface area contributed by atoms with Crippen LogP contribution >= 0.6 is 23.1 Å². The molecule has 0 atom stereocenters. The van der Waals surface area contributed by atoms with Crippen LogP contribution in [0.1, 0.15) is 5.69 Å². The molecule has 0 aliphatic rings. The highest BCUT2D eigenvalue weighted by Crippen LogP contribution is 2.31. The van der Waals surface area contributed by atoms with Crippen LogP contribution in [0.4, 0.5) is 5.69 Å². The van der Waals surface area contributed by atoms with Crippen molar-refractivity contribution < 1.29 is 0 Å². The zero-order valence-electron chi connectivity index (χ0n) is 9.54. The van der Waals surface area contributed by atoms with Crippen molar-refractivity contribution in [1.29, 1.82) is 0 Å². The second-order valence-electron chi connectivity index (χ2n) is 3.82. The zero-order valence-corrected chi connectivity index (χ0v) is 11.2. The number of hydrogen-bond acceptors (Lipinski definition) is 5. The Bertz CT molecular complexity index is 646. The molecule has 3 aromatic rings. The molecule has 18 heavy (non-hydrogen) atoms. The summed E-state index contributed by atoms with van der Waals surface area (Å²) < 4.78 is 2.29. The van der Waals surface area contributed by atoms with Crippen LogP contribution in [0.5, 0.6) is 0 Å². The lowest BCUT2D eigenvalue weighted by Crippen LogP contribution is -1.90. The molecular formula is C13H11N3S2. The summed E-state index contributed by atoms with van der Waals surface area (Å²) in [7, 11) is 0. The van der Waals surface area contributed by atoms with Crippen LogP contribution in [0.25, 0.3) is 10.2 Å². The Hall–Kier alpha value is -1.59. The van der Waals surface area contributed by atoms with E-state index in [4.69, 9.17) is 5.73 Å². The molecule has 0 radical (unpaired) electrons. The van der Waals surface area contributed by atoms with Gasteiger partial charge in [-0.3, -0.25) is 4.98 Å². The summed E-state index contributed by atoms with van der Waals surface area (Å²) in [6, 6.07) is 11.9. The van der Waals surface area contributed by atoms with E-state index in [1.165, 1.54) is 4.70 Å². The highest BCUT2D eigenvalue weighted by atomic mass is 32.2. The van der Waals surface area contributed by atoms with E-state index in [0.717, 1.165) is 27.0 Å². The van der Waals surface area contributed by atoms with Gasteiger partial charge in [-0.25, -0.2) is 4.98 Å². The SMILES string of the molecule is Nc1ccnc(CSc2nc3ccccc3s2)c1. The third kappa shape index (κ3) is 2.47. The van der Waals surface area contributed by atoms with Crippen molar-refractivity contribution in [3.8, 4) is 0 Å². The molecule has 1 aromatic carbocycles. The molecule has 2 aromatic heterocycles. The van der Waals surface area contributed by atoms with E-state index >= 15 is 0 Å². The summed E-state index contributed by atoms with van der Waals surface area (Å²) in [6.45, 7) is 0. The number of nitrogen functional groups attached to an aromatic ring is 1. The Morgan fingerprint density at radius 1 is 1.22 bits per heavy atom. The second kappa shape index (κ2) is 4.96. The minimum Gasteiger partial charge on any atom is -0.399 e. The fourth-order valence-corrected chi connectivity index (χ4v) is 3.60. The van der Waals surface area contributed by atoms with Crippen LogP contribution in [-0.4, -0.2) is 9.97 Å². The van der Waals surface area contributed by atoms with Gasteiger partial charge in [0.05, 0.1) is 15.9 Å². The van der Waals surface area contributed by atoms with E-state index in [0.29, 0.717) is 0 Å². The number of pyridine rings is 1. The van der Waals surface area contributed by atoms with Gasteiger partial charge in [0.15, 0.2) is 4.34 Å². The number of fused-ring (bicyclic) bond motifs is 1. The number of rotatable bonds is 3. The monoisotopic (exact) mass is 273 g/mol. The minimum atomic E-state index is 0.755. The van der Waals surface area contributed by atoms with Crippen molar-refractivity contribution in [2.45, 2.75) is 10.1 Å². The van der Waals surface area contributed by atoms with Gasteiger partial charge in [0, 0.05) is 17.6 Å². The summed E-state index contributed by atoms with van der Waals surface area (Å²) in [6.07, 6.45) is 1.74. The lowest BCUT2D eigenvalue weighted by atomic mass is 10.3. The fraction of sp³-hybridized carbons (Fsp3) is 0.0769. The maximum absolute atomic E-state index is 5.73. The van der Waals surface area contributed by atoms with Crippen LogP contribution in [-0.2, 0) is 5.75 Å². The lowest BCUT2D eigenvalue weighted by Gasteiger charge is -1.98. The molecule has 0 aliphatic heterocycles. The first-order valence-electron chi connectivity index (χ1n) is 5.50. The van der Waals surface area contributed by atoms with Crippen molar-refractivity contribution in [2.75, 3.05) is 5.73 Å². The zero-order chi connectivity index (χ0) is 12.4. The third-order valence-electron chi connectivity index (χ3n) is 2.46. The molecular weight excluding hydrogens is 262 g/mol. The van der Waals surface area contributed by atoms with Crippen LogP contribution in [0.2, 0.25) is 0 Å². The van der Waals surface area contributed by atoms with Crippen molar-refractivity contribution in [3.05, 3.63) is 48.3 Å². The van der Waals surface area contributed by atoms with Crippen molar-refractivity contribution in [3.63, 3.8) is 0 Å². The van der Waals surface area contributed by atoms with Gasteiger partial charge < -0.3 is 5.73 Å². The first kappa shape index (κ1) is 11.5. The van der Waals surface area contributed by atoms with E-state index in [1.54, 1.807) is 35.4 Å². The standard InChI is InChI=1S/C13H11N3S2/c14-9-5-6-15-10(7-9)8-17-13-16-11-3-1-2-4-12(11)18-13/h1-7H,8H2,(H2,14,15). The number of nitrogens with zero attached hydrogens (tertiary/aromatic N) is 2. The van der Waals surface area contributed by atoms with Crippen LogP contribution in [0, 0.1) is 0 Å². The largest absolute Gasteiger partial charge is 0.399 e. The molecule has 3 nitrogen and oxygen atoms in total. The number of hydrogen-bond donors (Lipinski definition) is 1. The number of anilines is 1. The number of thioether (sulfide) groups is 1. The Balaban J connectivity index is 1.76. The van der Waals surface area contributed by atoms with Crippen LogP contribution < -0.4 is 5.73 Å². The minimum absolute atomic E-state index is 0.755. The highest BCUT2D eigenvalue weighted by Gasteiger charge is 2.04. The molecule has 0 unspecified atom stereocenters. The highest BCUT2D eigenvalue weighted by molar-refractivity contribution is 8.00. The molecule has 0 saturated carbocycles. The number of benzene rings is 1. The van der Waals surface area contributed by atoms with Gasteiger partial charge >= 0.3 is 0 Å². The van der Waals surface area contributed by atoms with E-state index in [2.05, 4.69) is 16.0 Å². The van der Waals surface area contributed by atoms with E-state index in [-0.39, 0.29) is 0 Å². The van der Waals surface area contributed by atoms with Crippen molar-refractivity contribution >= 4 is 39.0 Å². The topological polar surface area (TPSA) is 51.8 Å². The molecule has 0 amide bonds. The average Bonchev–Trinajstić information content (AvgIpc) is 2.79. The predicted octanol–water partition coefficient (Wildman–Crippen LogP) is 3.57. The Morgan fingerprint density at radius 2 is 2.11 bits per heavy atom. The molecule has 3 rings (SSSR count). The van der Waals surface area contributed by atoms with Gasteiger partial charge in [-0.15, -0.1) is 11.3 Å². The number of nitrogens with two attached hydrogens (primary N) is 1. The van der Waals surface area contributed by atoms with E-state index in [9.17, 15) is 0 Å². The quantitative estimate of drug-likeness (QED) is 0.741. The third-order valence-corrected chi connectivity index (χ3v) is 4.67. The van der Waals surface area contributed by atoms with E-state index in [1.807, 2.05) is 24.3 Å². The summed E-state index contributed by atoms with van der Waals surface area (Å²) in [5, 5.41) is 0. The smallest absolute Gasteiger partial charge is 0.151 e. The van der Waals surface area contributed by atoms with Gasteiger partial charge in [0.2, 0.25) is 0 Å². The van der Waals surface area contributed by atoms with Gasteiger partial charge in [-0.05, 0) is 24.3 Å². The number of thiazole rings is 1. The predicted molar refractivity (Wildman–Crippen MR) is 77.8 cm³/mol. The molecule has 0 aliphatic carbocycles. The molecule has 5 heteroatoms. The van der Waals surface area contributed by atoms with Gasteiger partial charge in [0.1, 0.15) is 0 Å². The maximum Gasteiger partial charge on any atom is 0.151 e. The summed E-state index contributed by atoms with van der Waals surface area (Å²) in [4.78, 5) is 8.86. The lowest BCUT2D eigenvalue weighted by molar-refractivity contribution is 1.17. The Morgan fingerprint density at radius 3 is 2.94 bits per heavy atom. The first-order valence-corrected chi connectivity index (χ1v) is 7.30. The average molecular weight is 273 g/mol. The number of aromatic nitrogens is 2. The molecule has 0 spiro atoms. The molecule has 90 valence electrons. The number of para-hydroxylation sites is 1. The Labute approximate surface area is 113 Å². The fourth-order valence-electron chi connectivity index (χ4n) is 1.62. The van der Waals surface area contributed by atoms with E-state index < -0.39 is 0 Å². The van der Waals surface area contributed by atoms with Gasteiger partial charge in [-0.1, -0.05) is 23.9 Å². The molecule has 0 fully saturated rings. The second-order valence-corrected chi connectivity index (χ2v) is 6.07. The molecule has 0 saturated heterocycles. The summed E-state index contributed by atoms with van der Waals surface area (Å²) in [5.41, 5.74) is 8.53. The maximum atomic E-state index is 5.73. The van der Waals surface area contributed by atoms with Crippen LogP contribution in [0.15, 0.2) is 46.9 Å². The Kier molecular flexibility index (Phi) is 3.17. The normalized spacial score (nSPS) is 10.9. The van der Waals surface area contributed by atoms with Crippen molar-refractivity contribution in [2.24, 2.45) is 0 Å². The van der Waals surface area contributed by atoms with Crippen molar-refractivity contribution in [1.82, 2.24) is 9.97 Å². The molecule has 2 heterocycles. The molecule has 2 N–H and O–H groups in total.